The van der Waals surface area contributed by atoms with Crippen LogP contribution in [0.5, 0.6) is 5.75 Å². The lowest BCUT2D eigenvalue weighted by molar-refractivity contribution is -0.130. The molecule has 0 aliphatic carbocycles. The fraction of sp³-hybridized carbons (Fsp3) is 0.364. The first-order valence-electron chi connectivity index (χ1n) is 9.66. The summed E-state index contributed by atoms with van der Waals surface area (Å²) in [5.41, 5.74) is 2.04. The molecule has 0 bridgehead atoms. The lowest BCUT2D eigenvalue weighted by Gasteiger charge is -2.13. The van der Waals surface area contributed by atoms with Crippen molar-refractivity contribution in [2.45, 2.75) is 19.9 Å². The summed E-state index contributed by atoms with van der Waals surface area (Å²) < 4.78 is 18.5. The van der Waals surface area contributed by atoms with Crippen LogP contribution < -0.4 is 15.4 Å². The number of aliphatic imine (C=N–C) groups is 1. The lowest BCUT2D eigenvalue weighted by Crippen LogP contribution is -2.38. The Hall–Kier alpha value is -3.09. The third kappa shape index (κ3) is 8.21. The number of likely N-dealkylation sites (N-methyl/N-ethyl adjacent to an activating group) is 1. The van der Waals surface area contributed by atoms with Crippen molar-refractivity contribution < 1.29 is 13.9 Å². The summed E-state index contributed by atoms with van der Waals surface area (Å²) in [6.45, 7) is 3.93. The van der Waals surface area contributed by atoms with Gasteiger partial charge in [0, 0.05) is 27.2 Å². The molecule has 2 aromatic carbocycles. The Morgan fingerprint density at radius 1 is 1.10 bits per heavy atom. The smallest absolute Gasteiger partial charge is 0.259 e. The van der Waals surface area contributed by atoms with Crippen molar-refractivity contribution in [2.24, 2.45) is 4.99 Å². The molecule has 0 saturated heterocycles. The Morgan fingerprint density at radius 2 is 1.86 bits per heavy atom. The molecule has 0 aromatic heterocycles. The third-order valence-electron chi connectivity index (χ3n) is 4.14. The highest BCUT2D eigenvalue weighted by Crippen LogP contribution is 2.14. The Kier molecular flexibility index (Phi) is 8.95. The summed E-state index contributed by atoms with van der Waals surface area (Å²) in [5, 5.41) is 6.50. The van der Waals surface area contributed by atoms with Crippen LogP contribution in [-0.4, -0.2) is 50.6 Å². The summed E-state index contributed by atoms with van der Waals surface area (Å²) in [6.07, 6.45) is 0.772. The van der Waals surface area contributed by atoms with Crippen molar-refractivity contribution in [3.8, 4) is 5.75 Å². The van der Waals surface area contributed by atoms with Crippen molar-refractivity contribution in [3.05, 3.63) is 65.5 Å². The Balaban J connectivity index is 1.89. The molecular weight excluding hydrogens is 371 g/mol. The van der Waals surface area contributed by atoms with E-state index in [0.717, 1.165) is 24.1 Å². The van der Waals surface area contributed by atoms with Crippen LogP contribution in [0.15, 0.2) is 53.5 Å². The first kappa shape index (κ1) is 22.2. The van der Waals surface area contributed by atoms with Gasteiger partial charge < -0.3 is 20.3 Å². The maximum atomic E-state index is 13.0. The number of guanidine groups is 1. The first-order valence-corrected chi connectivity index (χ1v) is 9.66. The molecular formula is C22H29FN4O2. The molecule has 1 amide bonds. The van der Waals surface area contributed by atoms with Gasteiger partial charge in [0.25, 0.3) is 5.91 Å². The summed E-state index contributed by atoms with van der Waals surface area (Å²) >= 11 is 0. The number of benzene rings is 2. The van der Waals surface area contributed by atoms with Crippen molar-refractivity contribution >= 4 is 11.9 Å². The van der Waals surface area contributed by atoms with Gasteiger partial charge >= 0.3 is 0 Å². The molecule has 0 heterocycles. The highest BCUT2D eigenvalue weighted by atomic mass is 19.1. The molecule has 0 fully saturated rings. The zero-order chi connectivity index (χ0) is 21.1. The van der Waals surface area contributed by atoms with E-state index in [2.05, 4.69) is 15.6 Å². The number of hydrogen-bond acceptors (Lipinski definition) is 3. The maximum absolute atomic E-state index is 13.0. The van der Waals surface area contributed by atoms with E-state index in [1.165, 1.54) is 17.0 Å². The number of hydrogen-bond donors (Lipinski definition) is 2. The summed E-state index contributed by atoms with van der Waals surface area (Å²) in [5.74, 6) is 1.04. The van der Waals surface area contributed by atoms with Crippen LogP contribution in [0.3, 0.4) is 0 Å². The number of carbonyl (C=O) groups excluding carboxylic acids is 1. The second-order valence-electron chi connectivity index (χ2n) is 6.72. The summed E-state index contributed by atoms with van der Waals surface area (Å²) in [6, 6.07) is 14.1. The van der Waals surface area contributed by atoms with Gasteiger partial charge in [-0.1, -0.05) is 24.3 Å². The summed E-state index contributed by atoms with van der Waals surface area (Å²) in [7, 11) is 3.39. The van der Waals surface area contributed by atoms with Gasteiger partial charge in [-0.2, -0.15) is 0 Å². The number of nitrogens with one attached hydrogen (secondary N) is 2. The Bertz CT molecular complexity index is 807. The van der Waals surface area contributed by atoms with E-state index in [0.29, 0.717) is 24.8 Å². The molecule has 2 rings (SSSR count). The van der Waals surface area contributed by atoms with Gasteiger partial charge in [-0.05, 0) is 48.7 Å². The maximum Gasteiger partial charge on any atom is 0.259 e. The van der Waals surface area contributed by atoms with Crippen LogP contribution >= 0.6 is 0 Å². The standard InChI is InChI=1S/C22H29FN4O2/c1-4-24-22(25-13-12-17-8-10-19(23)11-9-17)26-15-18-6-5-7-20(14-18)29-16-21(28)27(2)3/h5-11,14H,4,12-13,15-16H2,1-3H3,(H2,24,25,26). The van der Waals surface area contributed by atoms with E-state index < -0.39 is 0 Å². The van der Waals surface area contributed by atoms with E-state index in [4.69, 9.17) is 4.74 Å². The second-order valence-corrected chi connectivity index (χ2v) is 6.72. The van der Waals surface area contributed by atoms with Crippen LogP contribution in [0.1, 0.15) is 18.1 Å². The first-order chi connectivity index (χ1) is 14.0. The third-order valence-corrected chi connectivity index (χ3v) is 4.14. The molecule has 0 saturated carbocycles. The Morgan fingerprint density at radius 3 is 2.55 bits per heavy atom. The molecule has 2 aromatic rings. The molecule has 0 radical (unpaired) electrons. The van der Waals surface area contributed by atoms with Crippen LogP contribution in [0.4, 0.5) is 4.39 Å². The van der Waals surface area contributed by atoms with E-state index >= 15 is 0 Å². The zero-order valence-corrected chi connectivity index (χ0v) is 17.2. The molecule has 6 nitrogen and oxygen atoms in total. The number of carbonyl (C=O) groups is 1. The monoisotopic (exact) mass is 400 g/mol. The van der Waals surface area contributed by atoms with Gasteiger partial charge in [0.15, 0.2) is 12.6 Å². The highest BCUT2D eigenvalue weighted by Gasteiger charge is 2.05. The minimum atomic E-state index is -0.228. The predicted octanol–water partition coefficient (Wildman–Crippen LogP) is 2.59. The number of nitrogens with zero attached hydrogens (tertiary/aromatic N) is 2. The van der Waals surface area contributed by atoms with E-state index in [1.54, 1.807) is 26.2 Å². The van der Waals surface area contributed by atoms with Crippen molar-refractivity contribution in [2.75, 3.05) is 33.8 Å². The van der Waals surface area contributed by atoms with Crippen molar-refractivity contribution in [3.63, 3.8) is 0 Å². The Labute approximate surface area is 171 Å². The number of halogens is 1. The molecule has 156 valence electrons. The summed E-state index contributed by atoms with van der Waals surface area (Å²) in [4.78, 5) is 17.7. The normalized spacial score (nSPS) is 11.1. The molecule has 0 spiro atoms. The lowest BCUT2D eigenvalue weighted by atomic mass is 10.1. The fourth-order valence-corrected chi connectivity index (χ4v) is 2.50. The minimum absolute atomic E-state index is 0.00724. The average molecular weight is 400 g/mol. The molecule has 29 heavy (non-hydrogen) atoms. The SMILES string of the molecule is CCNC(=NCc1cccc(OCC(=O)N(C)C)c1)NCCc1ccc(F)cc1. The van der Waals surface area contributed by atoms with Gasteiger partial charge in [-0.15, -0.1) is 0 Å². The van der Waals surface area contributed by atoms with Crippen LogP contribution in [0, 0.1) is 5.82 Å². The number of amides is 1. The number of ether oxygens (including phenoxy) is 1. The van der Waals surface area contributed by atoms with E-state index in [9.17, 15) is 9.18 Å². The van der Waals surface area contributed by atoms with Gasteiger partial charge in [0.05, 0.1) is 6.54 Å². The van der Waals surface area contributed by atoms with Gasteiger partial charge in [-0.25, -0.2) is 9.38 Å². The zero-order valence-electron chi connectivity index (χ0n) is 17.2. The van der Waals surface area contributed by atoms with Crippen molar-refractivity contribution in [1.29, 1.82) is 0 Å². The molecule has 0 atom stereocenters. The molecule has 2 N–H and O–H groups in total. The molecule has 0 unspecified atom stereocenters. The van der Waals surface area contributed by atoms with Gasteiger partial charge in [0.1, 0.15) is 11.6 Å². The van der Waals surface area contributed by atoms with Gasteiger partial charge in [0.2, 0.25) is 0 Å². The largest absolute Gasteiger partial charge is 0.484 e. The quantitative estimate of drug-likeness (QED) is 0.502. The average Bonchev–Trinajstić information content (AvgIpc) is 2.72. The van der Waals surface area contributed by atoms with Crippen LogP contribution in [0.25, 0.3) is 0 Å². The number of rotatable bonds is 9. The molecule has 0 aliphatic heterocycles. The van der Waals surface area contributed by atoms with Crippen LogP contribution in [-0.2, 0) is 17.8 Å². The molecule has 7 heteroatoms. The van der Waals surface area contributed by atoms with Crippen LogP contribution in [0.2, 0.25) is 0 Å². The topological polar surface area (TPSA) is 66.0 Å². The van der Waals surface area contributed by atoms with E-state index in [-0.39, 0.29) is 18.3 Å². The molecule has 0 aliphatic rings. The van der Waals surface area contributed by atoms with Gasteiger partial charge in [-0.3, -0.25) is 4.79 Å². The fourth-order valence-electron chi connectivity index (χ4n) is 2.50. The van der Waals surface area contributed by atoms with E-state index in [1.807, 2.05) is 31.2 Å². The second kappa shape index (κ2) is 11.7. The highest BCUT2D eigenvalue weighted by molar-refractivity contribution is 5.79. The minimum Gasteiger partial charge on any atom is -0.484 e. The predicted molar refractivity (Wildman–Crippen MR) is 114 cm³/mol. The van der Waals surface area contributed by atoms with Crippen molar-refractivity contribution in [1.82, 2.24) is 15.5 Å².